The van der Waals surface area contributed by atoms with Crippen molar-refractivity contribution in [3.8, 4) is 0 Å². The normalized spacial score (nSPS) is 14.1. The third kappa shape index (κ3) is 36.1. The molecule has 3 atom stereocenters. The molecular weight excluding hydrogens is 659 g/mol. The molecule has 6 heteroatoms. The zero-order chi connectivity index (χ0) is 38.9. The predicted molar refractivity (Wildman–Crippen MR) is 227 cm³/mol. The van der Waals surface area contributed by atoms with Gasteiger partial charge in [-0.1, -0.05) is 184 Å². The molecule has 0 radical (unpaired) electrons. The van der Waals surface area contributed by atoms with Gasteiger partial charge in [-0.25, -0.2) is 0 Å². The number of aliphatic hydroxyl groups excluding tert-OH is 2. The third-order valence-electron chi connectivity index (χ3n) is 9.40. The van der Waals surface area contributed by atoms with E-state index in [1.807, 2.05) is 48.6 Å². The van der Waals surface area contributed by atoms with E-state index in [0.717, 1.165) is 64.2 Å². The predicted octanol–water partition coefficient (Wildman–Crippen LogP) is 12.3. The van der Waals surface area contributed by atoms with Crippen molar-refractivity contribution in [3.05, 3.63) is 72.9 Å². The van der Waals surface area contributed by atoms with Gasteiger partial charge < -0.3 is 20.3 Å². The molecule has 0 fully saturated rings. The molecule has 0 saturated carbocycles. The van der Waals surface area contributed by atoms with Crippen LogP contribution in [-0.4, -0.2) is 46.9 Å². The Labute approximate surface area is 326 Å². The fraction of sp³-hybridized carbons (Fsp3) is 0.702. The zero-order valence-corrected chi connectivity index (χ0v) is 34.4. The Kier molecular flexibility index (Phi) is 38.4. The Bertz CT molecular complexity index is 1010. The minimum absolute atomic E-state index is 0.0222. The van der Waals surface area contributed by atoms with Crippen LogP contribution in [0.15, 0.2) is 72.9 Å². The molecule has 0 aliphatic rings. The number of amides is 1. The number of carbonyl (C=O) groups is 2. The maximum absolute atomic E-state index is 13.1. The van der Waals surface area contributed by atoms with Gasteiger partial charge >= 0.3 is 5.97 Å². The lowest BCUT2D eigenvalue weighted by atomic mass is 10.0. The molecular formula is C47H81NO5. The van der Waals surface area contributed by atoms with Gasteiger partial charge in [0.15, 0.2) is 0 Å². The van der Waals surface area contributed by atoms with Gasteiger partial charge in [0.25, 0.3) is 0 Å². The lowest BCUT2D eigenvalue weighted by Gasteiger charge is -2.24. The van der Waals surface area contributed by atoms with Crippen molar-refractivity contribution in [1.82, 2.24) is 5.32 Å². The molecule has 0 aromatic heterocycles. The number of hydrogen-bond acceptors (Lipinski definition) is 5. The minimum Gasteiger partial charge on any atom is -0.462 e. The van der Waals surface area contributed by atoms with E-state index >= 15 is 0 Å². The summed E-state index contributed by atoms with van der Waals surface area (Å²) in [6, 6.07) is -0.725. The van der Waals surface area contributed by atoms with Crippen molar-refractivity contribution < 1.29 is 24.5 Å². The minimum atomic E-state index is -0.807. The van der Waals surface area contributed by atoms with Gasteiger partial charge in [0.05, 0.1) is 25.2 Å². The quantitative estimate of drug-likeness (QED) is 0.0255. The molecule has 1 amide bonds. The van der Waals surface area contributed by atoms with Gasteiger partial charge in [0, 0.05) is 6.42 Å². The summed E-state index contributed by atoms with van der Waals surface area (Å²) in [5.41, 5.74) is 0. The lowest BCUT2D eigenvalue weighted by molar-refractivity contribution is -0.151. The van der Waals surface area contributed by atoms with Gasteiger partial charge in [0.2, 0.25) is 5.91 Å². The van der Waals surface area contributed by atoms with Crippen LogP contribution in [0.4, 0.5) is 0 Å². The number of aliphatic hydroxyl groups is 2. The molecule has 3 N–H and O–H groups in total. The number of unbranched alkanes of at least 4 members (excludes halogenated alkanes) is 17. The number of rotatable bonds is 37. The second-order valence-electron chi connectivity index (χ2n) is 14.5. The van der Waals surface area contributed by atoms with Gasteiger partial charge in [-0.2, -0.15) is 0 Å². The van der Waals surface area contributed by atoms with E-state index in [1.54, 1.807) is 0 Å². The molecule has 0 bridgehead atoms. The van der Waals surface area contributed by atoms with Crippen LogP contribution in [0.25, 0.3) is 0 Å². The first-order chi connectivity index (χ1) is 26.0. The molecule has 6 nitrogen and oxygen atoms in total. The topological polar surface area (TPSA) is 95.9 Å². The molecule has 0 rings (SSSR count). The molecule has 3 unspecified atom stereocenters. The monoisotopic (exact) mass is 740 g/mol. The van der Waals surface area contributed by atoms with Crippen LogP contribution in [0.1, 0.15) is 188 Å². The van der Waals surface area contributed by atoms with Crippen molar-refractivity contribution in [2.45, 2.75) is 206 Å². The zero-order valence-electron chi connectivity index (χ0n) is 34.4. The molecule has 0 aliphatic heterocycles. The lowest BCUT2D eigenvalue weighted by Crippen LogP contribution is -2.46. The van der Waals surface area contributed by atoms with E-state index in [4.69, 9.17) is 4.74 Å². The van der Waals surface area contributed by atoms with Crippen LogP contribution in [0, 0.1) is 0 Å². The first kappa shape index (κ1) is 50.3. The Balaban J connectivity index is 4.78. The Morgan fingerprint density at radius 2 is 1.06 bits per heavy atom. The molecule has 53 heavy (non-hydrogen) atoms. The van der Waals surface area contributed by atoms with E-state index in [1.165, 1.54) is 77.0 Å². The second-order valence-corrected chi connectivity index (χ2v) is 14.5. The van der Waals surface area contributed by atoms with Gasteiger partial charge in [-0.05, 0) is 64.2 Å². The third-order valence-corrected chi connectivity index (χ3v) is 9.40. The highest BCUT2D eigenvalue weighted by molar-refractivity contribution is 5.77. The summed E-state index contributed by atoms with van der Waals surface area (Å²) in [5, 5.41) is 23.5. The number of nitrogens with one attached hydrogen (secondary N) is 1. The SMILES string of the molecule is CC/C=C/C=C/C=C\C=C/C=C/CCCC(CC(=O)NC(CO)C(O)CCCCCCCCCCC)OC(=O)CCCCCCC/C=C\CCCCC. The summed E-state index contributed by atoms with van der Waals surface area (Å²) in [7, 11) is 0. The summed E-state index contributed by atoms with van der Waals surface area (Å²) in [6.07, 6.45) is 49.6. The molecule has 0 saturated heterocycles. The highest BCUT2D eigenvalue weighted by Crippen LogP contribution is 2.16. The second kappa shape index (κ2) is 40.5. The van der Waals surface area contributed by atoms with Crippen molar-refractivity contribution >= 4 is 11.9 Å². The standard InChI is InChI=1S/C47H81NO5/c1-4-7-10-13-16-19-21-23-24-27-29-32-35-38-43(53-47(52)40-37-34-31-28-25-22-20-17-14-11-8-5-2)41-46(51)48-44(42-49)45(50)39-36-33-30-26-18-15-12-9-6-3/h7,10,13,16-17,19-21,23-24,27,29,43-45,49-50H,4-6,8-9,11-12,14-15,18,22,25-26,28,30-42H2,1-3H3,(H,48,51)/b10-7+,16-13+,20-17-,21-19-,24-23-,29-27+. The van der Waals surface area contributed by atoms with E-state index in [2.05, 4.69) is 50.4 Å². The van der Waals surface area contributed by atoms with Crippen molar-refractivity contribution in [2.75, 3.05) is 6.61 Å². The first-order valence-electron chi connectivity index (χ1n) is 21.7. The van der Waals surface area contributed by atoms with Crippen LogP contribution < -0.4 is 5.32 Å². The fourth-order valence-corrected chi connectivity index (χ4v) is 6.10. The van der Waals surface area contributed by atoms with E-state index < -0.39 is 18.2 Å². The van der Waals surface area contributed by atoms with E-state index in [9.17, 15) is 19.8 Å². The first-order valence-corrected chi connectivity index (χ1v) is 21.7. The maximum Gasteiger partial charge on any atom is 0.306 e. The van der Waals surface area contributed by atoms with Crippen molar-refractivity contribution in [3.63, 3.8) is 0 Å². The highest BCUT2D eigenvalue weighted by Gasteiger charge is 2.23. The molecule has 0 aromatic rings. The van der Waals surface area contributed by atoms with E-state index in [0.29, 0.717) is 19.3 Å². The molecule has 0 heterocycles. The largest absolute Gasteiger partial charge is 0.462 e. The summed E-state index contributed by atoms with van der Waals surface area (Å²) in [5.74, 6) is -0.566. The molecule has 0 spiro atoms. The number of esters is 1. The van der Waals surface area contributed by atoms with Crippen LogP contribution in [0.2, 0.25) is 0 Å². The summed E-state index contributed by atoms with van der Waals surface area (Å²) >= 11 is 0. The Morgan fingerprint density at radius 1 is 0.566 bits per heavy atom. The maximum atomic E-state index is 13.1. The number of allylic oxidation sites excluding steroid dienone is 12. The van der Waals surface area contributed by atoms with Crippen LogP contribution >= 0.6 is 0 Å². The van der Waals surface area contributed by atoms with Crippen molar-refractivity contribution in [2.24, 2.45) is 0 Å². The number of hydrogen-bond donors (Lipinski definition) is 3. The van der Waals surface area contributed by atoms with Crippen LogP contribution in [0.5, 0.6) is 0 Å². The molecule has 0 aliphatic carbocycles. The van der Waals surface area contributed by atoms with Gasteiger partial charge in [0.1, 0.15) is 6.10 Å². The summed E-state index contributed by atoms with van der Waals surface area (Å²) in [4.78, 5) is 25.9. The highest BCUT2D eigenvalue weighted by atomic mass is 16.5. The fourth-order valence-electron chi connectivity index (χ4n) is 6.10. The summed E-state index contributed by atoms with van der Waals surface area (Å²) in [6.45, 7) is 6.24. The Morgan fingerprint density at radius 3 is 1.66 bits per heavy atom. The van der Waals surface area contributed by atoms with Crippen LogP contribution in [-0.2, 0) is 14.3 Å². The van der Waals surface area contributed by atoms with E-state index in [-0.39, 0.29) is 24.9 Å². The average molecular weight is 740 g/mol. The van der Waals surface area contributed by atoms with Gasteiger partial charge in [-0.15, -0.1) is 0 Å². The van der Waals surface area contributed by atoms with Crippen molar-refractivity contribution in [1.29, 1.82) is 0 Å². The molecule has 0 aromatic carbocycles. The number of carbonyl (C=O) groups excluding carboxylic acids is 2. The number of ether oxygens (including phenoxy) is 1. The summed E-state index contributed by atoms with van der Waals surface area (Å²) < 4.78 is 5.84. The average Bonchev–Trinajstić information content (AvgIpc) is 3.15. The smallest absolute Gasteiger partial charge is 0.306 e. The Hall–Kier alpha value is -2.70. The van der Waals surface area contributed by atoms with Crippen LogP contribution in [0.3, 0.4) is 0 Å². The van der Waals surface area contributed by atoms with Gasteiger partial charge in [-0.3, -0.25) is 9.59 Å². The molecule has 304 valence electrons.